The number of anilines is 1. The summed E-state index contributed by atoms with van der Waals surface area (Å²) in [7, 11) is 0. The number of benzene rings is 2. The van der Waals surface area contributed by atoms with E-state index < -0.39 is 0 Å². The van der Waals surface area contributed by atoms with Gasteiger partial charge >= 0.3 is 0 Å². The summed E-state index contributed by atoms with van der Waals surface area (Å²) in [4.78, 5) is 13.9. The van der Waals surface area contributed by atoms with E-state index in [1.54, 1.807) is 4.90 Å². The van der Waals surface area contributed by atoms with E-state index in [9.17, 15) is 4.79 Å². The molecule has 0 heterocycles. The van der Waals surface area contributed by atoms with Crippen molar-refractivity contribution in [1.82, 2.24) is 0 Å². The molecule has 110 valence electrons. The van der Waals surface area contributed by atoms with Crippen molar-refractivity contribution in [3.63, 3.8) is 0 Å². The summed E-state index contributed by atoms with van der Waals surface area (Å²) in [6, 6.07) is 13.5. The van der Waals surface area contributed by atoms with Crippen molar-refractivity contribution in [2.75, 3.05) is 10.8 Å². The predicted molar refractivity (Wildman–Crippen MR) is 89.3 cm³/mol. The van der Waals surface area contributed by atoms with E-state index in [-0.39, 0.29) is 11.8 Å². The highest BCUT2D eigenvalue weighted by atomic mass is 35.5. The van der Waals surface area contributed by atoms with Gasteiger partial charge in [-0.1, -0.05) is 29.8 Å². The van der Waals surface area contributed by atoms with Gasteiger partial charge in [0.05, 0.1) is 6.54 Å². The number of halogens is 2. The number of aryl methyl sites for hydroxylation is 2. The van der Waals surface area contributed by atoms with E-state index >= 15 is 0 Å². The van der Waals surface area contributed by atoms with Crippen LogP contribution in [0.25, 0.3) is 0 Å². The minimum absolute atomic E-state index is 0.0411. The summed E-state index contributed by atoms with van der Waals surface area (Å²) >= 11 is 11.7. The molecule has 0 N–H and O–H groups in total. The lowest BCUT2D eigenvalue weighted by Gasteiger charge is -2.23. The quantitative estimate of drug-likeness (QED) is 0.745. The van der Waals surface area contributed by atoms with Crippen LogP contribution in [0.4, 0.5) is 5.69 Å². The largest absolute Gasteiger partial charge is 0.307 e. The lowest BCUT2D eigenvalue weighted by atomic mass is 10.1. The van der Waals surface area contributed by atoms with Crippen LogP contribution < -0.4 is 4.90 Å². The van der Waals surface area contributed by atoms with Crippen LogP contribution in [-0.4, -0.2) is 11.8 Å². The van der Waals surface area contributed by atoms with Crippen molar-refractivity contribution in [1.29, 1.82) is 0 Å². The topological polar surface area (TPSA) is 20.3 Å². The lowest BCUT2D eigenvalue weighted by Crippen LogP contribution is -2.31. The van der Waals surface area contributed by atoms with Gasteiger partial charge < -0.3 is 4.90 Å². The molecule has 21 heavy (non-hydrogen) atoms. The van der Waals surface area contributed by atoms with Crippen molar-refractivity contribution >= 4 is 34.8 Å². The molecule has 0 spiro atoms. The molecule has 0 saturated heterocycles. The normalized spacial score (nSPS) is 10.5. The molecule has 0 radical (unpaired) electrons. The Balaban J connectivity index is 2.34. The molecule has 0 aliphatic carbocycles. The highest BCUT2D eigenvalue weighted by Gasteiger charge is 2.16. The van der Waals surface area contributed by atoms with Crippen molar-refractivity contribution < 1.29 is 4.79 Å². The predicted octanol–water partition coefficient (Wildman–Crippen LogP) is 4.73. The van der Waals surface area contributed by atoms with Crippen LogP contribution in [-0.2, 0) is 11.3 Å². The van der Waals surface area contributed by atoms with Gasteiger partial charge in [-0.05, 0) is 54.8 Å². The molecule has 2 aromatic rings. The third-order valence-corrected chi connectivity index (χ3v) is 3.67. The number of alkyl halides is 1. The molecule has 0 aromatic heterocycles. The van der Waals surface area contributed by atoms with Crippen LogP contribution in [0.1, 0.15) is 16.7 Å². The standard InChI is InChI=1S/C17H17Cl2NO/c1-12-7-13(2)9-16(8-12)20(17(21)10-18)11-14-3-5-15(19)6-4-14/h3-9H,10-11H2,1-2H3. The fourth-order valence-electron chi connectivity index (χ4n) is 2.27. The summed E-state index contributed by atoms with van der Waals surface area (Å²) in [6.45, 7) is 4.51. The van der Waals surface area contributed by atoms with Crippen LogP contribution in [0, 0.1) is 13.8 Å². The van der Waals surface area contributed by atoms with Crippen molar-refractivity contribution in [3.8, 4) is 0 Å². The summed E-state index contributed by atoms with van der Waals surface area (Å²) in [6.07, 6.45) is 0. The first-order chi connectivity index (χ1) is 9.99. The fraction of sp³-hybridized carbons (Fsp3) is 0.235. The molecule has 0 fully saturated rings. The van der Waals surface area contributed by atoms with Gasteiger partial charge in [0.2, 0.25) is 5.91 Å². The maximum Gasteiger partial charge on any atom is 0.242 e. The number of amides is 1. The first-order valence-electron chi connectivity index (χ1n) is 6.68. The fourth-order valence-corrected chi connectivity index (χ4v) is 2.54. The first-order valence-corrected chi connectivity index (χ1v) is 7.60. The van der Waals surface area contributed by atoms with Gasteiger partial charge in [0.1, 0.15) is 5.88 Å². The molecule has 0 atom stereocenters. The van der Waals surface area contributed by atoms with Crippen LogP contribution in [0.3, 0.4) is 0 Å². The van der Waals surface area contributed by atoms with Gasteiger partial charge in [0, 0.05) is 10.7 Å². The number of carbonyl (C=O) groups excluding carboxylic acids is 1. The second-order valence-electron chi connectivity index (χ2n) is 5.09. The summed E-state index contributed by atoms with van der Waals surface area (Å²) < 4.78 is 0. The molecule has 0 bridgehead atoms. The number of nitrogens with zero attached hydrogens (tertiary/aromatic N) is 1. The third kappa shape index (κ3) is 4.23. The van der Waals surface area contributed by atoms with Gasteiger partial charge in [0.25, 0.3) is 0 Å². The zero-order chi connectivity index (χ0) is 15.4. The van der Waals surface area contributed by atoms with E-state index in [2.05, 4.69) is 6.07 Å². The molecular formula is C17H17Cl2NO. The van der Waals surface area contributed by atoms with Crippen molar-refractivity contribution in [2.24, 2.45) is 0 Å². The van der Waals surface area contributed by atoms with E-state index in [0.717, 1.165) is 22.4 Å². The highest BCUT2D eigenvalue weighted by molar-refractivity contribution is 6.30. The van der Waals surface area contributed by atoms with Gasteiger partial charge in [-0.3, -0.25) is 4.79 Å². The monoisotopic (exact) mass is 321 g/mol. The van der Waals surface area contributed by atoms with Crippen molar-refractivity contribution in [3.05, 3.63) is 64.2 Å². The molecule has 1 amide bonds. The van der Waals surface area contributed by atoms with Crippen LogP contribution in [0.5, 0.6) is 0 Å². The number of hydrogen-bond donors (Lipinski definition) is 0. The number of rotatable bonds is 4. The van der Waals surface area contributed by atoms with Crippen LogP contribution >= 0.6 is 23.2 Å². The minimum Gasteiger partial charge on any atom is -0.307 e. The Hall–Kier alpha value is -1.51. The molecule has 2 nitrogen and oxygen atoms in total. The Morgan fingerprint density at radius 1 is 1.05 bits per heavy atom. The van der Waals surface area contributed by atoms with Gasteiger partial charge in [-0.25, -0.2) is 0 Å². The zero-order valence-electron chi connectivity index (χ0n) is 12.1. The summed E-state index contributed by atoms with van der Waals surface area (Å²) in [5.41, 5.74) is 4.12. The van der Waals surface area contributed by atoms with Gasteiger partial charge in [0.15, 0.2) is 0 Å². The van der Waals surface area contributed by atoms with Gasteiger partial charge in [-0.15, -0.1) is 11.6 Å². The average Bonchev–Trinajstić information content (AvgIpc) is 2.44. The second kappa shape index (κ2) is 6.97. The first kappa shape index (κ1) is 15.9. The molecule has 0 aliphatic heterocycles. The number of carbonyl (C=O) groups is 1. The summed E-state index contributed by atoms with van der Waals surface area (Å²) in [5, 5.41) is 0.681. The molecule has 0 saturated carbocycles. The zero-order valence-corrected chi connectivity index (χ0v) is 13.6. The Labute approximate surface area is 135 Å². The molecule has 0 aliphatic rings. The lowest BCUT2D eigenvalue weighted by molar-refractivity contribution is -0.116. The maximum atomic E-state index is 12.2. The molecule has 2 rings (SSSR count). The number of hydrogen-bond acceptors (Lipinski definition) is 1. The molecular weight excluding hydrogens is 305 g/mol. The Morgan fingerprint density at radius 2 is 1.62 bits per heavy atom. The Bertz CT molecular complexity index is 617. The van der Waals surface area contributed by atoms with E-state index in [4.69, 9.17) is 23.2 Å². The Kier molecular flexibility index (Phi) is 5.27. The van der Waals surface area contributed by atoms with Gasteiger partial charge in [-0.2, -0.15) is 0 Å². The SMILES string of the molecule is Cc1cc(C)cc(N(Cc2ccc(Cl)cc2)C(=O)CCl)c1. The molecule has 4 heteroatoms. The maximum absolute atomic E-state index is 12.2. The third-order valence-electron chi connectivity index (χ3n) is 3.19. The summed E-state index contributed by atoms with van der Waals surface area (Å²) in [5.74, 6) is -0.155. The molecule has 2 aromatic carbocycles. The smallest absolute Gasteiger partial charge is 0.242 e. The minimum atomic E-state index is -0.114. The van der Waals surface area contributed by atoms with Crippen molar-refractivity contribution in [2.45, 2.75) is 20.4 Å². The average molecular weight is 322 g/mol. The van der Waals surface area contributed by atoms with E-state index in [1.165, 1.54) is 0 Å². The van der Waals surface area contributed by atoms with Crippen LogP contribution in [0.2, 0.25) is 5.02 Å². The van der Waals surface area contributed by atoms with Crippen LogP contribution in [0.15, 0.2) is 42.5 Å². The van der Waals surface area contributed by atoms with E-state index in [0.29, 0.717) is 11.6 Å². The van der Waals surface area contributed by atoms with E-state index in [1.807, 2.05) is 50.2 Å². The Morgan fingerprint density at radius 3 is 2.14 bits per heavy atom. The highest BCUT2D eigenvalue weighted by Crippen LogP contribution is 2.22. The molecule has 0 unspecified atom stereocenters. The second-order valence-corrected chi connectivity index (χ2v) is 5.79.